The Hall–Kier alpha value is -3.46. The first kappa shape index (κ1) is 28.1. The van der Waals surface area contributed by atoms with E-state index in [2.05, 4.69) is 10.6 Å². The molecule has 1 aliphatic rings. The molecule has 0 saturated carbocycles. The maximum Gasteiger partial charge on any atom is 0.241 e. The van der Waals surface area contributed by atoms with E-state index in [0.29, 0.717) is 48.6 Å². The summed E-state index contributed by atoms with van der Waals surface area (Å²) < 4.78 is 20.3. The van der Waals surface area contributed by atoms with Gasteiger partial charge in [-0.2, -0.15) is 4.98 Å². The third kappa shape index (κ3) is 5.44. The topological polar surface area (TPSA) is 99.7 Å². The molecule has 0 saturated heterocycles. The molecule has 1 aliphatic heterocycles. The van der Waals surface area contributed by atoms with Crippen LogP contribution in [0.5, 0.6) is 5.75 Å². The fraction of sp³-hybridized carbons (Fsp3) is 0.345. The molecule has 0 aliphatic carbocycles. The van der Waals surface area contributed by atoms with E-state index in [1.165, 1.54) is 0 Å². The standard InChI is InChI=1S/C29H35N6O3PS/c1-6-39(37,7-2)25-11-9-8-10-20(25)30-28-27-21(13-15-40-27)31-29(33-28)32-22-17-23-19(16-24(22)38-5)12-14-35(23)26(36)18-34(3)4/h8-11,13,15-17H,6-7,12,14,18H2,1-5H3,(H2,30,31,32,33). The summed E-state index contributed by atoms with van der Waals surface area (Å²) in [5.41, 5.74) is 4.19. The van der Waals surface area contributed by atoms with E-state index in [-0.39, 0.29) is 5.91 Å². The summed E-state index contributed by atoms with van der Waals surface area (Å²) in [5, 5.41) is 9.63. The average Bonchev–Trinajstić information content (AvgIpc) is 3.59. The fourth-order valence-corrected chi connectivity index (χ4v) is 7.88. The first-order valence-electron chi connectivity index (χ1n) is 13.4. The first-order valence-corrected chi connectivity index (χ1v) is 16.3. The van der Waals surface area contributed by atoms with Crippen molar-refractivity contribution in [1.82, 2.24) is 14.9 Å². The average molecular weight is 579 g/mol. The van der Waals surface area contributed by atoms with E-state index in [1.807, 2.05) is 85.6 Å². The summed E-state index contributed by atoms with van der Waals surface area (Å²) in [5.74, 6) is 1.73. The highest BCUT2D eigenvalue weighted by atomic mass is 32.1. The van der Waals surface area contributed by atoms with Crippen LogP contribution in [0.25, 0.3) is 10.2 Å². The SMILES string of the molecule is CCP(=O)(CC)c1ccccc1Nc1nc(Nc2cc3c(cc2OC)CCN3C(=O)CN(C)C)nc2ccsc12. The number of benzene rings is 2. The highest BCUT2D eigenvalue weighted by Crippen LogP contribution is 2.46. The number of ether oxygens (including phenoxy) is 1. The molecule has 40 heavy (non-hydrogen) atoms. The number of rotatable bonds is 10. The lowest BCUT2D eigenvalue weighted by molar-refractivity contribution is -0.119. The molecule has 0 unspecified atom stereocenters. The van der Waals surface area contributed by atoms with Gasteiger partial charge in [-0.3, -0.25) is 4.79 Å². The van der Waals surface area contributed by atoms with E-state index in [9.17, 15) is 9.36 Å². The molecule has 0 spiro atoms. The number of aromatic nitrogens is 2. The molecule has 210 valence electrons. The van der Waals surface area contributed by atoms with Gasteiger partial charge in [-0.15, -0.1) is 11.3 Å². The van der Waals surface area contributed by atoms with Crippen molar-refractivity contribution in [3.05, 3.63) is 53.4 Å². The van der Waals surface area contributed by atoms with Crippen LogP contribution in [-0.4, -0.2) is 67.4 Å². The summed E-state index contributed by atoms with van der Waals surface area (Å²) in [6, 6.07) is 13.6. The number of methoxy groups -OCH3 is 1. The molecule has 0 bridgehead atoms. The zero-order chi connectivity index (χ0) is 28.4. The van der Waals surface area contributed by atoms with Crippen LogP contribution in [-0.2, 0) is 15.8 Å². The Morgan fingerprint density at radius 1 is 1.10 bits per heavy atom. The van der Waals surface area contributed by atoms with Crippen LogP contribution in [0.2, 0.25) is 0 Å². The van der Waals surface area contributed by atoms with Crippen molar-refractivity contribution in [2.45, 2.75) is 20.3 Å². The van der Waals surface area contributed by atoms with Crippen LogP contribution in [0.3, 0.4) is 0 Å². The van der Waals surface area contributed by atoms with Crippen molar-refractivity contribution in [3.8, 4) is 5.75 Å². The number of likely N-dealkylation sites (N-methyl/N-ethyl adjacent to an activating group) is 1. The molecule has 0 radical (unpaired) electrons. The van der Waals surface area contributed by atoms with Crippen LogP contribution < -0.4 is 25.6 Å². The Labute approximate surface area is 238 Å². The molecular weight excluding hydrogens is 543 g/mol. The number of nitrogens with zero attached hydrogens (tertiary/aromatic N) is 4. The smallest absolute Gasteiger partial charge is 0.241 e. The van der Waals surface area contributed by atoms with E-state index in [1.54, 1.807) is 18.4 Å². The van der Waals surface area contributed by atoms with E-state index < -0.39 is 7.14 Å². The minimum Gasteiger partial charge on any atom is -0.495 e. The lowest BCUT2D eigenvalue weighted by Gasteiger charge is -2.21. The van der Waals surface area contributed by atoms with Crippen molar-refractivity contribution in [1.29, 1.82) is 0 Å². The van der Waals surface area contributed by atoms with Crippen molar-refractivity contribution < 1.29 is 14.1 Å². The largest absolute Gasteiger partial charge is 0.495 e. The number of thiophene rings is 1. The van der Waals surface area contributed by atoms with Crippen molar-refractivity contribution in [2.75, 3.05) is 62.2 Å². The second-order valence-electron chi connectivity index (χ2n) is 10.0. The molecular formula is C29H35N6O3PS. The lowest BCUT2D eigenvalue weighted by Crippen LogP contribution is -2.36. The van der Waals surface area contributed by atoms with Gasteiger partial charge in [-0.1, -0.05) is 26.0 Å². The molecule has 2 aromatic carbocycles. The maximum atomic E-state index is 13.7. The van der Waals surface area contributed by atoms with E-state index >= 15 is 0 Å². The minimum absolute atomic E-state index is 0.0532. The number of carbonyl (C=O) groups is 1. The van der Waals surface area contributed by atoms with Gasteiger partial charge in [0.05, 0.1) is 35.2 Å². The number of carbonyl (C=O) groups excluding carboxylic acids is 1. The first-order chi connectivity index (χ1) is 19.3. The molecule has 1 amide bonds. The van der Waals surface area contributed by atoms with Gasteiger partial charge in [0, 0.05) is 29.9 Å². The van der Waals surface area contributed by atoms with E-state index in [0.717, 1.165) is 38.9 Å². The molecule has 2 aromatic heterocycles. The molecule has 3 heterocycles. The van der Waals surface area contributed by atoms with Crippen LogP contribution in [0.4, 0.5) is 28.8 Å². The Kier molecular flexibility index (Phi) is 8.12. The summed E-state index contributed by atoms with van der Waals surface area (Å²) in [7, 11) is 2.88. The number of fused-ring (bicyclic) bond motifs is 2. The number of hydrogen-bond donors (Lipinski definition) is 2. The van der Waals surface area contributed by atoms with Crippen molar-refractivity contribution in [2.24, 2.45) is 0 Å². The minimum atomic E-state index is -2.53. The third-order valence-corrected chi connectivity index (χ3v) is 11.4. The van der Waals surface area contributed by atoms with Gasteiger partial charge in [0.1, 0.15) is 12.9 Å². The molecule has 5 rings (SSSR count). The summed E-state index contributed by atoms with van der Waals surface area (Å²) in [6.07, 6.45) is 1.97. The van der Waals surface area contributed by atoms with Crippen molar-refractivity contribution >= 4 is 68.7 Å². The normalized spacial score (nSPS) is 13.1. The Morgan fingerprint density at radius 3 is 2.60 bits per heavy atom. The maximum absolute atomic E-state index is 13.7. The summed E-state index contributed by atoms with van der Waals surface area (Å²) in [4.78, 5) is 26.2. The molecule has 9 nitrogen and oxygen atoms in total. The number of para-hydroxylation sites is 1. The van der Waals surface area contributed by atoms with Gasteiger partial charge in [-0.05, 0) is 61.8 Å². The van der Waals surface area contributed by atoms with E-state index in [4.69, 9.17) is 14.7 Å². The molecule has 0 atom stereocenters. The fourth-order valence-electron chi connectivity index (χ4n) is 5.05. The van der Waals surface area contributed by atoms with Gasteiger partial charge in [0.15, 0.2) is 5.82 Å². The number of amides is 1. The van der Waals surface area contributed by atoms with Crippen LogP contribution in [0.15, 0.2) is 47.8 Å². The van der Waals surface area contributed by atoms with Gasteiger partial charge in [0.2, 0.25) is 11.9 Å². The Morgan fingerprint density at radius 2 is 1.88 bits per heavy atom. The van der Waals surface area contributed by atoms with Crippen LogP contribution in [0.1, 0.15) is 19.4 Å². The zero-order valence-electron chi connectivity index (χ0n) is 23.5. The second kappa shape index (κ2) is 11.6. The van der Waals surface area contributed by atoms with Gasteiger partial charge in [-0.25, -0.2) is 4.98 Å². The summed E-state index contributed by atoms with van der Waals surface area (Å²) in [6.45, 7) is 4.93. The molecule has 0 fully saturated rings. The van der Waals surface area contributed by atoms with Crippen LogP contribution in [0, 0.1) is 0 Å². The Balaban J connectivity index is 1.52. The predicted octanol–water partition coefficient (Wildman–Crippen LogP) is 5.67. The molecule has 4 aromatic rings. The number of hydrogen-bond acceptors (Lipinski definition) is 9. The van der Waals surface area contributed by atoms with Gasteiger partial charge < -0.3 is 29.7 Å². The predicted molar refractivity (Wildman–Crippen MR) is 166 cm³/mol. The van der Waals surface area contributed by atoms with Crippen molar-refractivity contribution in [3.63, 3.8) is 0 Å². The lowest BCUT2D eigenvalue weighted by atomic mass is 10.1. The highest BCUT2D eigenvalue weighted by molar-refractivity contribution is 7.71. The Bertz CT molecular complexity index is 1600. The van der Waals surface area contributed by atoms with Crippen LogP contribution >= 0.6 is 18.5 Å². The summed E-state index contributed by atoms with van der Waals surface area (Å²) >= 11 is 1.55. The van der Waals surface area contributed by atoms with Gasteiger partial charge in [0.25, 0.3) is 0 Å². The zero-order valence-corrected chi connectivity index (χ0v) is 25.2. The number of anilines is 5. The quantitative estimate of drug-likeness (QED) is 0.233. The highest BCUT2D eigenvalue weighted by Gasteiger charge is 2.27. The van der Waals surface area contributed by atoms with Gasteiger partial charge >= 0.3 is 0 Å². The molecule has 2 N–H and O–H groups in total. The monoisotopic (exact) mass is 578 g/mol. The second-order valence-corrected chi connectivity index (χ2v) is 14.5. The number of nitrogens with one attached hydrogen (secondary N) is 2. The third-order valence-electron chi connectivity index (χ3n) is 7.22. The molecule has 11 heteroatoms.